The van der Waals surface area contributed by atoms with Crippen molar-refractivity contribution < 1.29 is 24.2 Å². The lowest BCUT2D eigenvalue weighted by molar-refractivity contribution is -0.145. The van der Waals surface area contributed by atoms with Crippen LogP contribution in [0.1, 0.15) is 26.7 Å². The molecule has 7 nitrogen and oxygen atoms in total. The van der Waals surface area contributed by atoms with Crippen molar-refractivity contribution >= 4 is 29.6 Å². The molecule has 2 unspecified atom stereocenters. The summed E-state index contributed by atoms with van der Waals surface area (Å²) in [5.41, 5.74) is 5.35. The van der Waals surface area contributed by atoms with Crippen LogP contribution in [-0.4, -0.2) is 53.7 Å². The summed E-state index contributed by atoms with van der Waals surface area (Å²) in [5.74, 6) is -0.931. The van der Waals surface area contributed by atoms with E-state index in [4.69, 9.17) is 10.8 Å². The van der Waals surface area contributed by atoms with E-state index in [9.17, 15) is 14.4 Å². The Morgan fingerprint density at radius 1 is 1.33 bits per heavy atom. The summed E-state index contributed by atoms with van der Waals surface area (Å²) in [6.45, 7) is 3.90. The van der Waals surface area contributed by atoms with Crippen LogP contribution in [0.5, 0.6) is 0 Å². The van der Waals surface area contributed by atoms with Crippen LogP contribution in [0.4, 0.5) is 0 Å². The first-order chi connectivity index (χ1) is 9.77. The molecule has 21 heavy (non-hydrogen) atoms. The van der Waals surface area contributed by atoms with Crippen molar-refractivity contribution in [2.45, 2.75) is 38.8 Å². The second-order valence-electron chi connectivity index (χ2n) is 5.06. The average molecular weight is 320 g/mol. The van der Waals surface area contributed by atoms with Crippen molar-refractivity contribution in [3.8, 4) is 0 Å². The monoisotopic (exact) mass is 320 g/mol. The van der Waals surface area contributed by atoms with E-state index in [0.717, 1.165) is 0 Å². The number of hydrogen-bond acceptors (Lipinski definition) is 6. The van der Waals surface area contributed by atoms with E-state index in [1.54, 1.807) is 0 Å². The standard InChI is InChI=1S/C13H24N2O5S/c1-8(2)6-10(13(19)20-3)15-11(16)7-21-5-4-9(14)12(17)18/h8-10H,4-7,14H2,1-3H3,(H,15,16)(H,17,18). The van der Waals surface area contributed by atoms with Gasteiger partial charge in [-0.25, -0.2) is 4.79 Å². The summed E-state index contributed by atoms with van der Waals surface area (Å²) >= 11 is 1.28. The molecule has 0 rings (SSSR count). The summed E-state index contributed by atoms with van der Waals surface area (Å²) in [6.07, 6.45) is 0.798. The molecule has 0 aromatic rings. The molecule has 0 aromatic carbocycles. The number of carbonyl (C=O) groups excluding carboxylic acids is 2. The summed E-state index contributed by atoms with van der Waals surface area (Å²) in [5, 5.41) is 11.2. The highest BCUT2D eigenvalue weighted by molar-refractivity contribution is 7.99. The molecule has 4 N–H and O–H groups in total. The zero-order chi connectivity index (χ0) is 16.4. The predicted molar refractivity (Wildman–Crippen MR) is 81.0 cm³/mol. The number of methoxy groups -OCH3 is 1. The Labute approximate surface area is 129 Å². The van der Waals surface area contributed by atoms with E-state index in [1.807, 2.05) is 13.8 Å². The number of amides is 1. The van der Waals surface area contributed by atoms with E-state index in [2.05, 4.69) is 10.1 Å². The molecular weight excluding hydrogens is 296 g/mol. The molecule has 1 amide bonds. The number of carboxylic acid groups (broad SMARTS) is 1. The first-order valence-electron chi connectivity index (χ1n) is 6.71. The minimum Gasteiger partial charge on any atom is -0.480 e. The van der Waals surface area contributed by atoms with Crippen molar-refractivity contribution in [1.29, 1.82) is 0 Å². The zero-order valence-corrected chi connectivity index (χ0v) is 13.4. The molecule has 0 radical (unpaired) electrons. The van der Waals surface area contributed by atoms with Gasteiger partial charge in [0.25, 0.3) is 0 Å². The van der Waals surface area contributed by atoms with Gasteiger partial charge in [-0.1, -0.05) is 13.8 Å². The van der Waals surface area contributed by atoms with Gasteiger partial charge in [0, 0.05) is 0 Å². The normalized spacial score (nSPS) is 13.6. The second kappa shape index (κ2) is 10.4. The zero-order valence-electron chi connectivity index (χ0n) is 12.6. The second-order valence-corrected chi connectivity index (χ2v) is 6.16. The molecule has 0 aliphatic carbocycles. The van der Waals surface area contributed by atoms with Crippen molar-refractivity contribution in [3.05, 3.63) is 0 Å². The van der Waals surface area contributed by atoms with E-state index < -0.39 is 24.0 Å². The van der Waals surface area contributed by atoms with E-state index >= 15 is 0 Å². The Bertz CT molecular complexity index is 362. The first kappa shape index (κ1) is 19.7. The Kier molecular flexibility index (Phi) is 9.81. The number of aliphatic carboxylic acids is 1. The Hall–Kier alpha value is -1.28. The third kappa shape index (κ3) is 9.30. The average Bonchev–Trinajstić information content (AvgIpc) is 2.40. The number of carboxylic acids is 1. The number of ether oxygens (including phenoxy) is 1. The van der Waals surface area contributed by atoms with Gasteiger partial charge in [-0.2, -0.15) is 11.8 Å². The van der Waals surface area contributed by atoms with Gasteiger partial charge in [0.05, 0.1) is 12.9 Å². The molecule has 0 saturated heterocycles. The highest BCUT2D eigenvalue weighted by Crippen LogP contribution is 2.08. The lowest BCUT2D eigenvalue weighted by Crippen LogP contribution is -2.43. The Morgan fingerprint density at radius 2 is 1.95 bits per heavy atom. The molecule has 8 heteroatoms. The molecule has 0 spiro atoms. The fourth-order valence-electron chi connectivity index (χ4n) is 1.56. The van der Waals surface area contributed by atoms with Gasteiger partial charge in [-0.15, -0.1) is 0 Å². The Balaban J connectivity index is 4.09. The molecule has 0 heterocycles. The fourth-order valence-corrected chi connectivity index (χ4v) is 2.40. The molecule has 122 valence electrons. The van der Waals surface area contributed by atoms with Gasteiger partial charge in [0.15, 0.2) is 0 Å². The van der Waals surface area contributed by atoms with Crippen molar-refractivity contribution in [2.75, 3.05) is 18.6 Å². The van der Waals surface area contributed by atoms with E-state index in [1.165, 1.54) is 18.9 Å². The lowest BCUT2D eigenvalue weighted by Gasteiger charge is -2.18. The first-order valence-corrected chi connectivity index (χ1v) is 7.86. The number of rotatable bonds is 10. The molecular formula is C13H24N2O5S. The van der Waals surface area contributed by atoms with Gasteiger partial charge in [-0.3, -0.25) is 9.59 Å². The van der Waals surface area contributed by atoms with Gasteiger partial charge in [0.1, 0.15) is 12.1 Å². The quantitative estimate of drug-likeness (QED) is 0.389. The maximum absolute atomic E-state index is 11.7. The Morgan fingerprint density at radius 3 is 2.43 bits per heavy atom. The number of nitrogens with one attached hydrogen (secondary N) is 1. The topological polar surface area (TPSA) is 119 Å². The minimum absolute atomic E-state index is 0.151. The summed E-state index contributed by atoms with van der Waals surface area (Å²) in [7, 11) is 1.28. The van der Waals surface area contributed by atoms with E-state index in [0.29, 0.717) is 18.6 Å². The van der Waals surface area contributed by atoms with Gasteiger partial charge >= 0.3 is 11.9 Å². The number of hydrogen-bond donors (Lipinski definition) is 3. The van der Waals surface area contributed by atoms with Crippen molar-refractivity contribution in [1.82, 2.24) is 5.32 Å². The highest BCUT2D eigenvalue weighted by atomic mass is 32.2. The van der Waals surface area contributed by atoms with Gasteiger partial charge in [0.2, 0.25) is 5.91 Å². The number of nitrogens with two attached hydrogens (primary N) is 1. The summed E-state index contributed by atoms with van der Waals surface area (Å²) in [6, 6.07) is -1.56. The van der Waals surface area contributed by atoms with Crippen LogP contribution < -0.4 is 11.1 Å². The number of carbonyl (C=O) groups is 3. The van der Waals surface area contributed by atoms with Crippen LogP contribution in [0.15, 0.2) is 0 Å². The lowest BCUT2D eigenvalue weighted by atomic mass is 10.0. The molecule has 0 aliphatic rings. The van der Waals surface area contributed by atoms with E-state index in [-0.39, 0.29) is 17.6 Å². The summed E-state index contributed by atoms with van der Waals surface area (Å²) in [4.78, 5) is 33.8. The molecule has 0 aliphatic heterocycles. The largest absolute Gasteiger partial charge is 0.480 e. The van der Waals surface area contributed by atoms with Crippen molar-refractivity contribution in [2.24, 2.45) is 11.7 Å². The van der Waals surface area contributed by atoms with Crippen LogP contribution in [0.25, 0.3) is 0 Å². The smallest absolute Gasteiger partial charge is 0.328 e. The highest BCUT2D eigenvalue weighted by Gasteiger charge is 2.22. The third-order valence-corrected chi connectivity index (χ3v) is 3.64. The minimum atomic E-state index is -1.05. The molecule has 0 bridgehead atoms. The third-order valence-electron chi connectivity index (χ3n) is 2.65. The van der Waals surface area contributed by atoms with Crippen molar-refractivity contribution in [3.63, 3.8) is 0 Å². The maximum Gasteiger partial charge on any atom is 0.328 e. The fraction of sp³-hybridized carbons (Fsp3) is 0.769. The van der Waals surface area contributed by atoms with Crippen LogP contribution in [-0.2, 0) is 19.1 Å². The van der Waals surface area contributed by atoms with Gasteiger partial charge < -0.3 is 20.9 Å². The van der Waals surface area contributed by atoms with Gasteiger partial charge in [-0.05, 0) is 24.5 Å². The number of thioether (sulfide) groups is 1. The van der Waals surface area contributed by atoms with Crippen LogP contribution in [0, 0.1) is 5.92 Å². The molecule has 0 aromatic heterocycles. The van der Waals surface area contributed by atoms with Crippen LogP contribution in [0.2, 0.25) is 0 Å². The SMILES string of the molecule is COC(=O)C(CC(C)C)NC(=O)CSCCC(N)C(=O)O. The molecule has 0 saturated carbocycles. The summed E-state index contributed by atoms with van der Waals surface area (Å²) < 4.78 is 4.66. The predicted octanol–water partition coefficient (Wildman–Crippen LogP) is 0.226. The maximum atomic E-state index is 11.7. The molecule has 0 fully saturated rings. The van der Waals surface area contributed by atoms with Crippen LogP contribution >= 0.6 is 11.8 Å². The van der Waals surface area contributed by atoms with Crippen LogP contribution in [0.3, 0.4) is 0 Å². The molecule has 2 atom stereocenters. The number of esters is 1.